The van der Waals surface area contributed by atoms with E-state index in [0.717, 1.165) is 16.9 Å². The predicted octanol–water partition coefficient (Wildman–Crippen LogP) is 1.04. The van der Waals surface area contributed by atoms with Crippen molar-refractivity contribution in [2.24, 2.45) is 5.92 Å². The minimum atomic E-state index is -0.138. The van der Waals surface area contributed by atoms with Crippen LogP contribution in [0.25, 0.3) is 0 Å². The molecule has 1 aliphatic carbocycles. The highest BCUT2D eigenvalue weighted by Gasteiger charge is 2.32. The number of nitrogens with zero attached hydrogens (tertiary/aromatic N) is 1. The molecular weight excluding hydrogens is 178 g/mol. The summed E-state index contributed by atoms with van der Waals surface area (Å²) < 4.78 is 5.39. The highest BCUT2D eigenvalue weighted by Crippen LogP contribution is 2.36. The lowest BCUT2D eigenvalue weighted by Crippen LogP contribution is -2.25. The van der Waals surface area contributed by atoms with Gasteiger partial charge in [-0.15, -0.1) is 0 Å². The summed E-state index contributed by atoms with van der Waals surface area (Å²) in [6.07, 6.45) is 9.18. The third-order valence-electron chi connectivity index (χ3n) is 2.63. The van der Waals surface area contributed by atoms with E-state index >= 15 is 0 Å². The maximum absolute atomic E-state index is 11.4. The number of allylic oxidation sites excluding steroid dienone is 4. The molecule has 1 atom stereocenters. The van der Waals surface area contributed by atoms with Crippen molar-refractivity contribution in [3.8, 4) is 0 Å². The van der Waals surface area contributed by atoms with E-state index in [-0.39, 0.29) is 11.8 Å². The van der Waals surface area contributed by atoms with E-state index in [1.54, 1.807) is 12.3 Å². The summed E-state index contributed by atoms with van der Waals surface area (Å²) in [6, 6.07) is 0. The first-order valence-electron chi connectivity index (χ1n) is 4.53. The van der Waals surface area contributed by atoms with E-state index < -0.39 is 0 Å². The fourth-order valence-electron chi connectivity index (χ4n) is 1.95. The molecule has 1 unspecified atom stereocenters. The number of hydrogen-bond donors (Lipinski definition) is 0. The van der Waals surface area contributed by atoms with Gasteiger partial charge in [-0.2, -0.15) is 0 Å². The van der Waals surface area contributed by atoms with Crippen molar-refractivity contribution in [2.75, 3.05) is 6.61 Å². The number of amides is 1. The van der Waals surface area contributed by atoms with Crippen LogP contribution in [0.3, 0.4) is 0 Å². The topological polar surface area (TPSA) is 40.4 Å². The maximum Gasteiger partial charge on any atom is 0.273 e. The Hall–Kier alpha value is -1.77. The van der Waals surface area contributed by atoms with E-state index in [1.165, 1.54) is 0 Å². The van der Waals surface area contributed by atoms with Crippen molar-refractivity contribution < 1.29 is 9.53 Å². The molecule has 0 saturated carbocycles. The van der Waals surface area contributed by atoms with Gasteiger partial charge in [0.2, 0.25) is 0 Å². The molecule has 2 heterocycles. The fraction of sp³-hybridized carbons (Fsp3) is 0.182. The Balaban J connectivity index is 2.13. The summed E-state index contributed by atoms with van der Waals surface area (Å²) in [7, 11) is 0. The van der Waals surface area contributed by atoms with Gasteiger partial charge in [-0.05, 0) is 18.2 Å². The van der Waals surface area contributed by atoms with Crippen LogP contribution in [0.5, 0.6) is 0 Å². The highest BCUT2D eigenvalue weighted by atomic mass is 16.5. The molecule has 0 saturated heterocycles. The summed E-state index contributed by atoms with van der Waals surface area (Å²) in [4.78, 5) is 11.4. The zero-order valence-corrected chi connectivity index (χ0v) is 7.43. The van der Waals surface area contributed by atoms with Crippen LogP contribution in [-0.2, 0) is 9.53 Å². The van der Waals surface area contributed by atoms with Crippen molar-refractivity contribution in [3.05, 3.63) is 47.4 Å². The Morgan fingerprint density at radius 3 is 3.21 bits per heavy atom. The van der Waals surface area contributed by atoms with Crippen LogP contribution in [0.1, 0.15) is 0 Å². The third-order valence-corrected chi connectivity index (χ3v) is 2.63. The lowest BCUT2D eigenvalue weighted by atomic mass is 9.84. The van der Waals surface area contributed by atoms with Crippen molar-refractivity contribution in [1.29, 1.82) is 0 Å². The van der Waals surface area contributed by atoms with Gasteiger partial charge in [-0.25, -0.2) is 5.32 Å². The Morgan fingerprint density at radius 2 is 2.29 bits per heavy atom. The van der Waals surface area contributed by atoms with Gasteiger partial charge in [-0.1, -0.05) is 6.08 Å². The molecule has 3 nitrogen and oxygen atoms in total. The number of carbonyl (C=O) groups is 1. The molecule has 14 heavy (non-hydrogen) atoms. The Bertz CT molecular complexity index is 427. The summed E-state index contributed by atoms with van der Waals surface area (Å²) in [5, 5.41) is 3.74. The van der Waals surface area contributed by atoms with Gasteiger partial charge < -0.3 is 4.74 Å². The van der Waals surface area contributed by atoms with Gasteiger partial charge in [0.25, 0.3) is 5.91 Å². The second-order valence-corrected chi connectivity index (χ2v) is 3.38. The standard InChI is InChI=1S/C11H8NO2/c13-11-9-1-2-10-8(4-6-14-10)7(9)3-5-12-11/h1-5,7H,6H2. The number of hydrogen-bond acceptors (Lipinski definition) is 2. The van der Waals surface area contributed by atoms with Gasteiger partial charge >= 0.3 is 0 Å². The van der Waals surface area contributed by atoms with E-state index in [4.69, 9.17) is 4.74 Å². The lowest BCUT2D eigenvalue weighted by molar-refractivity contribution is -0.117. The first-order valence-corrected chi connectivity index (χ1v) is 4.53. The Morgan fingerprint density at radius 1 is 1.36 bits per heavy atom. The molecule has 1 radical (unpaired) electrons. The summed E-state index contributed by atoms with van der Waals surface area (Å²) in [5.41, 5.74) is 1.84. The smallest absolute Gasteiger partial charge is 0.273 e. The van der Waals surface area contributed by atoms with Gasteiger partial charge in [0.15, 0.2) is 0 Å². The minimum absolute atomic E-state index is 0.0579. The molecule has 0 aromatic rings. The summed E-state index contributed by atoms with van der Waals surface area (Å²) >= 11 is 0. The number of rotatable bonds is 0. The SMILES string of the molecule is O=C1[N]C=CC2C1=CC=C1OCC=C12. The monoisotopic (exact) mass is 186 g/mol. The molecular formula is C11H8NO2. The van der Waals surface area contributed by atoms with Gasteiger partial charge in [0, 0.05) is 23.3 Å². The lowest BCUT2D eigenvalue weighted by Gasteiger charge is -2.23. The van der Waals surface area contributed by atoms with Gasteiger partial charge in [-0.3, -0.25) is 4.79 Å². The molecule has 3 rings (SSSR count). The van der Waals surface area contributed by atoms with Crippen molar-refractivity contribution in [1.82, 2.24) is 5.32 Å². The van der Waals surface area contributed by atoms with Crippen LogP contribution in [0.2, 0.25) is 0 Å². The molecule has 0 N–H and O–H groups in total. The zero-order chi connectivity index (χ0) is 9.54. The van der Waals surface area contributed by atoms with Crippen LogP contribution in [0, 0.1) is 5.92 Å². The molecule has 0 aromatic carbocycles. The number of fused-ring (bicyclic) bond motifs is 3. The van der Waals surface area contributed by atoms with Gasteiger partial charge in [0.1, 0.15) is 12.4 Å². The quantitative estimate of drug-likeness (QED) is 0.567. The van der Waals surface area contributed by atoms with E-state index in [0.29, 0.717) is 6.61 Å². The van der Waals surface area contributed by atoms with Crippen molar-refractivity contribution in [3.63, 3.8) is 0 Å². The van der Waals surface area contributed by atoms with Crippen LogP contribution in [0.15, 0.2) is 47.4 Å². The predicted molar refractivity (Wildman–Crippen MR) is 50.0 cm³/mol. The van der Waals surface area contributed by atoms with E-state index in [9.17, 15) is 4.79 Å². The normalized spacial score (nSPS) is 27.9. The highest BCUT2D eigenvalue weighted by molar-refractivity contribution is 5.97. The van der Waals surface area contributed by atoms with Gasteiger partial charge in [0.05, 0.1) is 0 Å². The average Bonchev–Trinajstić information content (AvgIpc) is 2.66. The van der Waals surface area contributed by atoms with Crippen LogP contribution >= 0.6 is 0 Å². The van der Waals surface area contributed by atoms with Crippen molar-refractivity contribution in [2.45, 2.75) is 0 Å². The van der Waals surface area contributed by atoms with E-state index in [1.807, 2.05) is 18.2 Å². The minimum Gasteiger partial charge on any atom is -0.489 e. The Kier molecular flexibility index (Phi) is 1.42. The third kappa shape index (κ3) is 0.894. The second-order valence-electron chi connectivity index (χ2n) is 3.38. The second kappa shape index (κ2) is 2.61. The number of ether oxygens (including phenoxy) is 1. The van der Waals surface area contributed by atoms with Crippen LogP contribution in [-0.4, -0.2) is 12.5 Å². The Labute approximate surface area is 81.4 Å². The summed E-state index contributed by atoms with van der Waals surface area (Å²) in [6.45, 7) is 0.609. The molecule has 69 valence electrons. The fourth-order valence-corrected chi connectivity index (χ4v) is 1.95. The maximum atomic E-state index is 11.4. The largest absolute Gasteiger partial charge is 0.489 e. The summed E-state index contributed by atoms with van der Waals surface area (Å²) in [5.74, 6) is 0.807. The molecule has 0 fully saturated rings. The molecule has 0 spiro atoms. The average molecular weight is 186 g/mol. The molecule has 0 bridgehead atoms. The van der Waals surface area contributed by atoms with Crippen molar-refractivity contribution >= 4 is 5.91 Å². The molecule has 3 aliphatic rings. The molecule has 1 amide bonds. The molecule has 2 aliphatic heterocycles. The van der Waals surface area contributed by atoms with Crippen LogP contribution < -0.4 is 5.32 Å². The first-order chi connectivity index (χ1) is 6.86. The first kappa shape index (κ1) is 7.62. The molecule has 0 aromatic heterocycles. The molecule has 3 heteroatoms. The number of carbonyl (C=O) groups excluding carboxylic acids is 1. The van der Waals surface area contributed by atoms with E-state index in [2.05, 4.69) is 5.32 Å². The zero-order valence-electron chi connectivity index (χ0n) is 7.43. The van der Waals surface area contributed by atoms with Crippen LogP contribution in [0.4, 0.5) is 0 Å².